The molecule has 0 aromatic rings. The van der Waals surface area contributed by atoms with Gasteiger partial charge in [-0.25, -0.2) is 0 Å². The summed E-state index contributed by atoms with van der Waals surface area (Å²) in [5, 5.41) is 3.90. The van der Waals surface area contributed by atoms with Crippen LogP contribution in [-0.4, -0.2) is 61.2 Å². The Balaban J connectivity index is 1.76. The molecule has 0 aromatic carbocycles. The molecule has 4 atom stereocenters. The topological polar surface area (TPSA) is 18.5 Å². The van der Waals surface area contributed by atoms with Crippen molar-refractivity contribution in [2.24, 2.45) is 5.92 Å². The highest BCUT2D eigenvalue weighted by Gasteiger charge is 2.29. The summed E-state index contributed by atoms with van der Waals surface area (Å²) in [6.07, 6.45) is 5.52. The average molecular weight is 267 g/mol. The first-order valence-corrected chi connectivity index (χ1v) is 8.25. The van der Waals surface area contributed by atoms with Gasteiger partial charge in [-0.2, -0.15) is 0 Å². The van der Waals surface area contributed by atoms with Gasteiger partial charge in [-0.15, -0.1) is 0 Å². The molecule has 0 radical (unpaired) electrons. The zero-order chi connectivity index (χ0) is 13.8. The van der Waals surface area contributed by atoms with Crippen LogP contribution in [0, 0.1) is 5.92 Å². The summed E-state index contributed by atoms with van der Waals surface area (Å²) in [5.41, 5.74) is 0. The fraction of sp³-hybridized carbons (Fsp3) is 1.00. The van der Waals surface area contributed by atoms with Crippen LogP contribution >= 0.6 is 0 Å². The zero-order valence-electron chi connectivity index (χ0n) is 13.4. The third-order valence-electron chi connectivity index (χ3n) is 5.09. The highest BCUT2D eigenvalue weighted by atomic mass is 15.2. The summed E-state index contributed by atoms with van der Waals surface area (Å²) in [6, 6.07) is 2.04. The van der Waals surface area contributed by atoms with Gasteiger partial charge in [-0.1, -0.05) is 13.3 Å². The van der Waals surface area contributed by atoms with Gasteiger partial charge in [0.2, 0.25) is 0 Å². The van der Waals surface area contributed by atoms with Crippen LogP contribution in [0.15, 0.2) is 0 Å². The summed E-state index contributed by atoms with van der Waals surface area (Å²) in [5.74, 6) is 0.769. The Hall–Kier alpha value is -0.120. The highest BCUT2D eigenvalue weighted by Crippen LogP contribution is 2.21. The molecule has 0 spiro atoms. The van der Waals surface area contributed by atoms with Crippen molar-refractivity contribution >= 4 is 0 Å². The number of piperidine rings is 2. The zero-order valence-corrected chi connectivity index (χ0v) is 13.4. The first kappa shape index (κ1) is 15.3. The van der Waals surface area contributed by atoms with Gasteiger partial charge in [0.25, 0.3) is 0 Å². The largest absolute Gasteiger partial charge is 0.310 e. The van der Waals surface area contributed by atoms with E-state index in [9.17, 15) is 0 Å². The normalized spacial score (nSPS) is 36.3. The maximum Gasteiger partial charge on any atom is 0.0169 e. The van der Waals surface area contributed by atoms with E-state index in [1.54, 1.807) is 0 Å². The summed E-state index contributed by atoms with van der Waals surface area (Å²) < 4.78 is 0. The molecule has 1 N–H and O–H groups in total. The van der Waals surface area contributed by atoms with Crippen molar-refractivity contribution < 1.29 is 0 Å². The second-order valence-corrected chi connectivity index (χ2v) is 7.04. The number of nitrogens with one attached hydrogen (secondary N) is 1. The van der Waals surface area contributed by atoms with E-state index in [-0.39, 0.29) is 0 Å². The minimum atomic E-state index is 0.626. The first-order chi connectivity index (χ1) is 9.06. The van der Waals surface area contributed by atoms with E-state index in [2.05, 4.69) is 42.9 Å². The van der Waals surface area contributed by atoms with E-state index < -0.39 is 0 Å². The minimum absolute atomic E-state index is 0.626. The van der Waals surface area contributed by atoms with Crippen LogP contribution in [0.25, 0.3) is 0 Å². The average Bonchev–Trinajstić information content (AvgIpc) is 2.37. The summed E-state index contributed by atoms with van der Waals surface area (Å²) in [7, 11) is 2.26. The van der Waals surface area contributed by atoms with Crippen molar-refractivity contribution in [1.82, 2.24) is 15.1 Å². The molecule has 0 aromatic heterocycles. The number of hydrogen-bond donors (Lipinski definition) is 1. The van der Waals surface area contributed by atoms with Crippen molar-refractivity contribution in [3.8, 4) is 0 Å². The van der Waals surface area contributed by atoms with Gasteiger partial charge < -0.3 is 15.1 Å². The summed E-state index contributed by atoms with van der Waals surface area (Å²) in [6.45, 7) is 12.2. The smallest absolute Gasteiger partial charge is 0.0169 e. The van der Waals surface area contributed by atoms with Crippen LogP contribution in [0.2, 0.25) is 0 Å². The summed E-state index contributed by atoms with van der Waals surface area (Å²) >= 11 is 0. The van der Waals surface area contributed by atoms with Crippen molar-refractivity contribution in [2.45, 2.75) is 64.6 Å². The second kappa shape index (κ2) is 7.05. The molecular weight excluding hydrogens is 234 g/mol. The lowest BCUT2D eigenvalue weighted by Gasteiger charge is -2.42. The highest BCUT2D eigenvalue weighted by molar-refractivity contribution is 4.88. The third-order valence-corrected chi connectivity index (χ3v) is 5.09. The first-order valence-electron chi connectivity index (χ1n) is 8.25. The van der Waals surface area contributed by atoms with E-state index in [1.165, 1.54) is 51.9 Å². The molecule has 112 valence electrons. The van der Waals surface area contributed by atoms with Crippen molar-refractivity contribution in [3.05, 3.63) is 0 Å². The monoisotopic (exact) mass is 267 g/mol. The third kappa shape index (κ3) is 4.44. The molecule has 2 saturated heterocycles. The molecule has 0 saturated carbocycles. The SMILES string of the molecule is CC(CN1CCCCC1)NC1CC(C)N(C)CC1C. The molecule has 3 nitrogen and oxygen atoms in total. The fourth-order valence-electron chi connectivity index (χ4n) is 3.72. The molecule has 0 bridgehead atoms. The Morgan fingerprint density at radius 2 is 1.84 bits per heavy atom. The van der Waals surface area contributed by atoms with Gasteiger partial charge >= 0.3 is 0 Å². The molecule has 0 amide bonds. The predicted molar refractivity (Wildman–Crippen MR) is 82.5 cm³/mol. The van der Waals surface area contributed by atoms with Gasteiger partial charge in [0.05, 0.1) is 0 Å². The van der Waals surface area contributed by atoms with Gasteiger partial charge in [-0.05, 0) is 59.2 Å². The standard InChI is InChI=1S/C16H33N3/c1-13-11-18(4)15(3)10-16(13)17-14(2)12-19-8-6-5-7-9-19/h13-17H,5-12H2,1-4H3. The van der Waals surface area contributed by atoms with Crippen LogP contribution in [0.3, 0.4) is 0 Å². The Morgan fingerprint density at radius 1 is 1.16 bits per heavy atom. The van der Waals surface area contributed by atoms with Crippen LogP contribution < -0.4 is 5.32 Å². The van der Waals surface area contributed by atoms with Crippen molar-refractivity contribution in [1.29, 1.82) is 0 Å². The van der Waals surface area contributed by atoms with E-state index in [4.69, 9.17) is 0 Å². The molecule has 2 fully saturated rings. The number of hydrogen-bond acceptors (Lipinski definition) is 3. The lowest BCUT2D eigenvalue weighted by molar-refractivity contribution is 0.110. The Labute approximate surface area is 119 Å². The molecule has 0 aliphatic carbocycles. The van der Waals surface area contributed by atoms with Crippen LogP contribution in [0.5, 0.6) is 0 Å². The van der Waals surface area contributed by atoms with Gasteiger partial charge in [0.15, 0.2) is 0 Å². The number of nitrogens with zero attached hydrogens (tertiary/aromatic N) is 2. The Kier molecular flexibility index (Phi) is 5.67. The molecule has 2 aliphatic heterocycles. The molecule has 19 heavy (non-hydrogen) atoms. The van der Waals surface area contributed by atoms with Gasteiger partial charge in [-0.3, -0.25) is 0 Å². The molecule has 2 aliphatic rings. The van der Waals surface area contributed by atoms with E-state index in [0.717, 1.165) is 12.0 Å². The maximum atomic E-state index is 3.90. The molecule has 4 unspecified atom stereocenters. The van der Waals surface area contributed by atoms with E-state index in [0.29, 0.717) is 12.1 Å². The lowest BCUT2D eigenvalue weighted by atomic mass is 9.89. The van der Waals surface area contributed by atoms with E-state index in [1.807, 2.05) is 0 Å². The Morgan fingerprint density at radius 3 is 2.53 bits per heavy atom. The molecular formula is C16H33N3. The molecule has 2 heterocycles. The Bertz CT molecular complexity index is 263. The van der Waals surface area contributed by atoms with Crippen molar-refractivity contribution in [2.75, 3.05) is 33.2 Å². The second-order valence-electron chi connectivity index (χ2n) is 7.04. The molecule has 2 rings (SSSR count). The minimum Gasteiger partial charge on any atom is -0.310 e. The maximum absolute atomic E-state index is 3.90. The molecule has 3 heteroatoms. The number of likely N-dealkylation sites (tertiary alicyclic amines) is 2. The number of rotatable bonds is 4. The van der Waals surface area contributed by atoms with Crippen LogP contribution in [0.4, 0.5) is 0 Å². The summed E-state index contributed by atoms with van der Waals surface area (Å²) in [4.78, 5) is 5.14. The quantitative estimate of drug-likeness (QED) is 0.842. The van der Waals surface area contributed by atoms with Crippen LogP contribution in [-0.2, 0) is 0 Å². The fourth-order valence-corrected chi connectivity index (χ4v) is 3.72. The van der Waals surface area contributed by atoms with Crippen LogP contribution in [0.1, 0.15) is 46.5 Å². The lowest BCUT2D eigenvalue weighted by Crippen LogP contribution is -2.54. The van der Waals surface area contributed by atoms with Gasteiger partial charge in [0.1, 0.15) is 0 Å². The predicted octanol–water partition coefficient (Wildman–Crippen LogP) is 2.18. The van der Waals surface area contributed by atoms with Crippen molar-refractivity contribution in [3.63, 3.8) is 0 Å². The van der Waals surface area contributed by atoms with Gasteiger partial charge in [0, 0.05) is 31.2 Å². The van der Waals surface area contributed by atoms with E-state index >= 15 is 0 Å².